The number of nitrogens with one attached hydrogen (secondary N) is 3. The minimum atomic E-state index is -1.33. The molecule has 200 valence electrons. The normalized spacial score (nSPS) is 12.4. The van der Waals surface area contributed by atoms with Crippen LogP contribution in [0.5, 0.6) is 0 Å². The Hall–Kier alpha value is -4.64. The van der Waals surface area contributed by atoms with Gasteiger partial charge in [0.1, 0.15) is 12.1 Å². The van der Waals surface area contributed by atoms with E-state index >= 15 is 0 Å². The molecule has 39 heavy (non-hydrogen) atoms. The van der Waals surface area contributed by atoms with Crippen molar-refractivity contribution in [3.8, 4) is 0 Å². The van der Waals surface area contributed by atoms with E-state index in [9.17, 15) is 29.1 Å². The average Bonchev–Trinajstić information content (AvgIpc) is 2.94. The van der Waals surface area contributed by atoms with Crippen LogP contribution in [0, 0.1) is 0 Å². The second-order valence-electron chi connectivity index (χ2n) is 8.64. The molecule has 0 aliphatic carbocycles. The summed E-state index contributed by atoms with van der Waals surface area (Å²) in [5.41, 5.74) is 0.0490. The summed E-state index contributed by atoms with van der Waals surface area (Å²) in [7, 11) is 0. The van der Waals surface area contributed by atoms with E-state index in [0.29, 0.717) is 16.6 Å². The van der Waals surface area contributed by atoms with E-state index in [1.165, 1.54) is 0 Å². The number of aliphatic carboxylic acids is 1. The molecule has 0 saturated carbocycles. The molecule has 0 aliphatic heterocycles. The molecule has 4 aromatic rings. The highest BCUT2D eigenvalue weighted by Gasteiger charge is 2.29. The van der Waals surface area contributed by atoms with Crippen molar-refractivity contribution < 1.29 is 19.5 Å². The summed E-state index contributed by atoms with van der Waals surface area (Å²) in [6.45, 7) is 0. The molecule has 1 aromatic heterocycles. The third-order valence-electron chi connectivity index (χ3n) is 5.99. The number of fused-ring (bicyclic) bond motifs is 1. The summed E-state index contributed by atoms with van der Waals surface area (Å²) in [5, 5.41) is 15.1. The Morgan fingerprint density at radius 1 is 0.897 bits per heavy atom. The van der Waals surface area contributed by atoms with Crippen LogP contribution in [0.3, 0.4) is 0 Å². The predicted molar refractivity (Wildman–Crippen MR) is 149 cm³/mol. The number of rotatable bonds is 11. The van der Waals surface area contributed by atoms with E-state index in [2.05, 4.69) is 15.6 Å². The number of H-pyrrole nitrogens is 1. The van der Waals surface area contributed by atoms with Crippen molar-refractivity contribution in [2.24, 2.45) is 0 Å². The van der Waals surface area contributed by atoms with Crippen molar-refractivity contribution in [3.05, 3.63) is 117 Å². The van der Waals surface area contributed by atoms with Crippen LogP contribution in [0.15, 0.2) is 94.5 Å². The quantitative estimate of drug-likeness (QED) is 0.166. The van der Waals surface area contributed by atoms with Gasteiger partial charge in [-0.3, -0.25) is 14.4 Å². The number of aromatic amines is 1. The third kappa shape index (κ3) is 6.82. The standard InChI is InChI=1S/C28H26N4O6S/c33-24(19-11-5-2-6-12-19)29-17-39-16-22(27(36)37)30-25(34)23(15-18-9-3-1-4-10-18)32-26(35)20-13-7-8-14-21(20)31-28(32)38/h1-14,22-23H,15-17H2,(H,29,33)(H,30,34)(H,31,38)(H,36,37)/t22-,23-/m0/s1. The van der Waals surface area contributed by atoms with E-state index in [1.54, 1.807) is 84.9 Å². The van der Waals surface area contributed by atoms with Gasteiger partial charge in [0, 0.05) is 17.7 Å². The van der Waals surface area contributed by atoms with Gasteiger partial charge in [0.05, 0.1) is 16.8 Å². The number of amides is 2. The zero-order valence-electron chi connectivity index (χ0n) is 20.7. The van der Waals surface area contributed by atoms with Crippen LogP contribution < -0.4 is 21.9 Å². The number of carboxylic acid groups (broad SMARTS) is 1. The molecule has 4 N–H and O–H groups in total. The first-order valence-electron chi connectivity index (χ1n) is 12.1. The zero-order valence-corrected chi connectivity index (χ0v) is 21.5. The maximum atomic E-state index is 13.5. The molecular weight excluding hydrogens is 520 g/mol. The lowest BCUT2D eigenvalue weighted by molar-refractivity contribution is -0.141. The molecule has 11 heteroatoms. The van der Waals surface area contributed by atoms with Gasteiger partial charge >= 0.3 is 11.7 Å². The summed E-state index contributed by atoms with van der Waals surface area (Å²) >= 11 is 1.11. The van der Waals surface area contributed by atoms with Crippen molar-refractivity contribution >= 4 is 40.4 Å². The van der Waals surface area contributed by atoms with Crippen molar-refractivity contribution in [2.45, 2.75) is 18.5 Å². The number of thioether (sulfide) groups is 1. The molecule has 0 aliphatic rings. The van der Waals surface area contributed by atoms with Gasteiger partial charge < -0.3 is 20.7 Å². The van der Waals surface area contributed by atoms with Crippen LogP contribution in [-0.2, 0) is 16.0 Å². The third-order valence-corrected chi connectivity index (χ3v) is 6.91. The van der Waals surface area contributed by atoms with E-state index in [1.807, 2.05) is 0 Å². The molecule has 0 radical (unpaired) electrons. The molecule has 1 heterocycles. The molecule has 10 nitrogen and oxygen atoms in total. The minimum Gasteiger partial charge on any atom is -0.480 e. The van der Waals surface area contributed by atoms with Gasteiger partial charge in [0.15, 0.2) is 0 Å². The topological polar surface area (TPSA) is 150 Å². The maximum absolute atomic E-state index is 13.5. The fraction of sp³-hybridized carbons (Fsp3) is 0.179. The highest BCUT2D eigenvalue weighted by Crippen LogP contribution is 2.15. The highest BCUT2D eigenvalue weighted by molar-refractivity contribution is 7.99. The first-order chi connectivity index (χ1) is 18.8. The van der Waals surface area contributed by atoms with Crippen molar-refractivity contribution in [1.29, 1.82) is 0 Å². The second kappa shape index (κ2) is 12.7. The van der Waals surface area contributed by atoms with E-state index < -0.39 is 35.2 Å². The molecular formula is C28H26N4O6S. The Morgan fingerprint density at radius 2 is 1.54 bits per heavy atom. The van der Waals surface area contributed by atoms with Crippen molar-refractivity contribution in [1.82, 2.24) is 20.2 Å². The van der Waals surface area contributed by atoms with Crippen molar-refractivity contribution in [3.63, 3.8) is 0 Å². The Bertz CT molecular complexity index is 1590. The molecule has 0 spiro atoms. The fourth-order valence-electron chi connectivity index (χ4n) is 4.03. The largest absolute Gasteiger partial charge is 0.480 e. The molecule has 2 atom stereocenters. The molecule has 3 aromatic carbocycles. The summed E-state index contributed by atoms with van der Waals surface area (Å²) in [4.78, 5) is 66.5. The van der Waals surface area contributed by atoms with Crippen LogP contribution >= 0.6 is 11.8 Å². The lowest BCUT2D eigenvalue weighted by Crippen LogP contribution is -2.50. The van der Waals surface area contributed by atoms with Gasteiger partial charge in [-0.25, -0.2) is 14.2 Å². The Labute approximate surface area is 227 Å². The Morgan fingerprint density at radius 3 is 2.23 bits per heavy atom. The maximum Gasteiger partial charge on any atom is 0.329 e. The molecule has 0 unspecified atom stereocenters. The number of para-hydroxylation sites is 1. The predicted octanol–water partition coefficient (Wildman–Crippen LogP) is 2.16. The Kier molecular flexibility index (Phi) is 8.95. The number of carbonyl (C=O) groups excluding carboxylic acids is 2. The first-order valence-corrected chi connectivity index (χ1v) is 13.2. The van der Waals surface area contributed by atoms with Gasteiger partial charge in [-0.15, -0.1) is 11.8 Å². The minimum absolute atomic E-state index is 0.0133. The lowest BCUT2D eigenvalue weighted by atomic mass is 10.0. The second-order valence-corrected chi connectivity index (χ2v) is 9.67. The SMILES string of the molecule is O=C(NCSC[C@H](NC(=O)[C@H](Cc1ccccc1)n1c(=O)[nH]c2ccccc2c1=O)C(=O)O)c1ccccc1. The molecule has 0 bridgehead atoms. The van der Waals surface area contributed by atoms with E-state index in [-0.39, 0.29) is 29.3 Å². The summed E-state index contributed by atoms with van der Waals surface area (Å²) in [5.74, 6) is -2.33. The van der Waals surface area contributed by atoms with Crippen LogP contribution in [0.1, 0.15) is 22.0 Å². The Balaban J connectivity index is 1.53. The number of carboxylic acids is 1. The van der Waals surface area contributed by atoms with E-state index in [0.717, 1.165) is 16.3 Å². The summed E-state index contributed by atoms with van der Waals surface area (Å²) in [6, 6.07) is 21.2. The van der Waals surface area contributed by atoms with Gasteiger partial charge in [-0.05, 0) is 29.8 Å². The lowest BCUT2D eigenvalue weighted by Gasteiger charge is -2.22. The van der Waals surface area contributed by atoms with Gasteiger partial charge in [0.25, 0.3) is 11.5 Å². The molecule has 0 fully saturated rings. The molecule has 2 amide bonds. The number of nitrogens with zero attached hydrogens (tertiary/aromatic N) is 1. The first kappa shape index (κ1) is 27.4. The number of aromatic nitrogens is 2. The molecule has 4 rings (SSSR count). The van der Waals surface area contributed by atoms with Crippen LogP contribution in [0.25, 0.3) is 10.9 Å². The fourth-order valence-corrected chi connectivity index (χ4v) is 4.84. The van der Waals surface area contributed by atoms with Gasteiger partial charge in [-0.1, -0.05) is 60.7 Å². The van der Waals surface area contributed by atoms with Crippen LogP contribution in [0.4, 0.5) is 0 Å². The number of benzene rings is 3. The number of hydrogen-bond donors (Lipinski definition) is 4. The number of hydrogen-bond acceptors (Lipinski definition) is 6. The zero-order chi connectivity index (χ0) is 27.8. The van der Waals surface area contributed by atoms with Gasteiger partial charge in [0.2, 0.25) is 5.91 Å². The highest BCUT2D eigenvalue weighted by atomic mass is 32.2. The smallest absolute Gasteiger partial charge is 0.329 e. The summed E-state index contributed by atoms with van der Waals surface area (Å²) < 4.78 is 0.830. The number of carbonyl (C=O) groups is 3. The molecule has 0 saturated heterocycles. The van der Waals surface area contributed by atoms with Crippen molar-refractivity contribution in [2.75, 3.05) is 11.6 Å². The monoisotopic (exact) mass is 546 g/mol. The summed E-state index contributed by atoms with van der Waals surface area (Å²) in [6.07, 6.45) is -0.0133. The average molecular weight is 547 g/mol. The van der Waals surface area contributed by atoms with E-state index in [4.69, 9.17) is 0 Å². The van der Waals surface area contributed by atoms with Crippen LogP contribution in [0.2, 0.25) is 0 Å². The van der Waals surface area contributed by atoms with Gasteiger partial charge in [-0.2, -0.15) is 0 Å². The van der Waals surface area contributed by atoms with Crippen LogP contribution in [-0.4, -0.2) is 50.1 Å².